The molecular formula is C12H14N4O2S. The Kier molecular flexibility index (Phi) is 3.77. The third-order valence-corrected chi connectivity index (χ3v) is 4.04. The summed E-state index contributed by atoms with van der Waals surface area (Å²) in [5.41, 5.74) is 7.56. The number of anilines is 1. The summed E-state index contributed by atoms with van der Waals surface area (Å²) in [7, 11) is -3.56. The molecule has 0 fully saturated rings. The second-order valence-electron chi connectivity index (χ2n) is 4.04. The molecule has 0 aliphatic carbocycles. The molecule has 100 valence electrons. The Morgan fingerprint density at radius 3 is 2.74 bits per heavy atom. The third-order valence-electron chi connectivity index (χ3n) is 2.64. The van der Waals surface area contributed by atoms with E-state index in [0.717, 1.165) is 5.56 Å². The van der Waals surface area contributed by atoms with Crippen LogP contribution >= 0.6 is 0 Å². The number of nitrogens with one attached hydrogen (secondary N) is 1. The maximum Gasteiger partial charge on any atom is 0.240 e. The Bertz CT molecular complexity index is 671. The zero-order chi connectivity index (χ0) is 13.9. The van der Waals surface area contributed by atoms with Crippen molar-refractivity contribution in [1.82, 2.24) is 14.7 Å². The van der Waals surface area contributed by atoms with Crippen LogP contribution in [0.25, 0.3) is 0 Å². The molecule has 2 aromatic rings. The van der Waals surface area contributed by atoms with Gasteiger partial charge in [-0.15, -0.1) is 0 Å². The quantitative estimate of drug-likeness (QED) is 0.808. The van der Waals surface area contributed by atoms with E-state index in [9.17, 15) is 8.42 Å². The van der Waals surface area contributed by atoms with Crippen molar-refractivity contribution in [1.29, 1.82) is 0 Å². The van der Waals surface area contributed by atoms with Crippen LogP contribution < -0.4 is 10.5 Å². The number of sulfonamides is 1. The van der Waals surface area contributed by atoms with E-state index in [1.807, 2.05) is 0 Å². The Morgan fingerprint density at radius 1 is 1.32 bits per heavy atom. The Morgan fingerprint density at radius 2 is 2.11 bits per heavy atom. The molecule has 0 aliphatic heterocycles. The summed E-state index contributed by atoms with van der Waals surface area (Å²) < 4.78 is 26.6. The van der Waals surface area contributed by atoms with Crippen LogP contribution in [0.4, 0.5) is 5.69 Å². The summed E-state index contributed by atoms with van der Waals surface area (Å²) in [5.74, 6) is 0. The molecule has 1 aromatic heterocycles. The zero-order valence-corrected chi connectivity index (χ0v) is 11.2. The fourth-order valence-electron chi connectivity index (χ4n) is 1.49. The number of aromatic nitrogens is 2. The maximum absolute atomic E-state index is 12.1. The van der Waals surface area contributed by atoms with Crippen LogP contribution in [0.5, 0.6) is 0 Å². The first-order valence-electron chi connectivity index (χ1n) is 5.60. The molecule has 2 rings (SSSR count). The van der Waals surface area contributed by atoms with Gasteiger partial charge in [-0.1, -0.05) is 0 Å². The molecule has 0 radical (unpaired) electrons. The Hall–Kier alpha value is -1.99. The summed E-state index contributed by atoms with van der Waals surface area (Å²) >= 11 is 0. The minimum absolute atomic E-state index is 0.119. The fraction of sp³-hybridized carbons (Fsp3) is 0.167. The fourth-order valence-corrected chi connectivity index (χ4v) is 2.57. The van der Waals surface area contributed by atoms with E-state index >= 15 is 0 Å². The van der Waals surface area contributed by atoms with Gasteiger partial charge in [-0.05, 0) is 36.8 Å². The topological polar surface area (TPSA) is 98.0 Å². The van der Waals surface area contributed by atoms with Gasteiger partial charge in [0.15, 0.2) is 0 Å². The standard InChI is InChI=1S/C12H14N4O2S/c1-9-6-11(2-3-12(9)13)19(17,18)16-7-10-4-5-14-8-15-10/h2-6,8,16H,7,13H2,1H3. The molecule has 0 atom stereocenters. The predicted molar refractivity (Wildman–Crippen MR) is 71.6 cm³/mol. The highest BCUT2D eigenvalue weighted by molar-refractivity contribution is 7.89. The monoisotopic (exact) mass is 278 g/mol. The number of nitrogens with zero attached hydrogens (tertiary/aromatic N) is 2. The zero-order valence-electron chi connectivity index (χ0n) is 10.4. The highest BCUT2D eigenvalue weighted by atomic mass is 32.2. The molecule has 0 saturated heterocycles. The van der Waals surface area contributed by atoms with Crippen LogP contribution in [-0.2, 0) is 16.6 Å². The summed E-state index contributed by atoms with van der Waals surface area (Å²) in [4.78, 5) is 7.90. The minimum atomic E-state index is -3.56. The van der Waals surface area contributed by atoms with E-state index in [-0.39, 0.29) is 11.4 Å². The lowest BCUT2D eigenvalue weighted by atomic mass is 10.2. The molecule has 7 heteroatoms. The van der Waals surface area contributed by atoms with Crippen molar-refractivity contribution in [2.24, 2.45) is 0 Å². The number of rotatable bonds is 4. The van der Waals surface area contributed by atoms with Crippen molar-refractivity contribution in [3.05, 3.63) is 48.0 Å². The van der Waals surface area contributed by atoms with Crippen molar-refractivity contribution in [2.75, 3.05) is 5.73 Å². The molecule has 1 heterocycles. The maximum atomic E-state index is 12.1. The molecule has 0 aliphatic rings. The molecule has 0 amide bonds. The summed E-state index contributed by atoms with van der Waals surface area (Å²) in [6, 6.07) is 6.24. The van der Waals surface area contributed by atoms with Gasteiger partial charge in [-0.3, -0.25) is 0 Å². The highest BCUT2D eigenvalue weighted by Gasteiger charge is 2.14. The van der Waals surface area contributed by atoms with Crippen LogP contribution in [0.3, 0.4) is 0 Å². The molecule has 0 bridgehead atoms. The summed E-state index contributed by atoms with van der Waals surface area (Å²) in [6.07, 6.45) is 2.93. The van der Waals surface area contributed by atoms with Gasteiger partial charge in [0.25, 0.3) is 0 Å². The van der Waals surface area contributed by atoms with Crippen molar-refractivity contribution in [2.45, 2.75) is 18.4 Å². The van der Waals surface area contributed by atoms with Crippen molar-refractivity contribution in [3.8, 4) is 0 Å². The molecule has 0 unspecified atom stereocenters. The van der Waals surface area contributed by atoms with E-state index in [1.54, 1.807) is 25.3 Å². The van der Waals surface area contributed by atoms with Crippen LogP contribution in [-0.4, -0.2) is 18.4 Å². The van der Waals surface area contributed by atoms with Gasteiger partial charge >= 0.3 is 0 Å². The Balaban J connectivity index is 2.16. The van der Waals surface area contributed by atoms with Gasteiger partial charge in [0.1, 0.15) is 6.33 Å². The lowest BCUT2D eigenvalue weighted by Crippen LogP contribution is -2.23. The molecule has 3 N–H and O–H groups in total. The Labute approximate surface area is 111 Å². The van der Waals surface area contributed by atoms with Crippen LogP contribution in [0, 0.1) is 6.92 Å². The molecule has 19 heavy (non-hydrogen) atoms. The second-order valence-corrected chi connectivity index (χ2v) is 5.81. The molecule has 0 spiro atoms. The first-order chi connectivity index (χ1) is 8.99. The van der Waals surface area contributed by atoms with Crippen LogP contribution in [0.1, 0.15) is 11.3 Å². The number of nitrogen functional groups attached to an aromatic ring is 1. The first-order valence-corrected chi connectivity index (χ1v) is 7.08. The molecule has 6 nitrogen and oxygen atoms in total. The summed E-state index contributed by atoms with van der Waals surface area (Å²) in [5, 5.41) is 0. The van der Waals surface area contributed by atoms with Crippen LogP contribution in [0.2, 0.25) is 0 Å². The highest BCUT2D eigenvalue weighted by Crippen LogP contribution is 2.16. The smallest absolute Gasteiger partial charge is 0.240 e. The second kappa shape index (κ2) is 5.33. The minimum Gasteiger partial charge on any atom is -0.399 e. The number of aryl methyl sites for hydroxylation is 1. The van der Waals surface area contributed by atoms with Gasteiger partial charge in [0.2, 0.25) is 10.0 Å². The summed E-state index contributed by atoms with van der Waals surface area (Å²) in [6.45, 7) is 1.88. The lowest BCUT2D eigenvalue weighted by molar-refractivity contribution is 0.580. The van der Waals surface area contributed by atoms with Gasteiger partial charge < -0.3 is 5.73 Å². The van der Waals surface area contributed by atoms with Crippen molar-refractivity contribution >= 4 is 15.7 Å². The first kappa shape index (κ1) is 13.4. The van der Waals surface area contributed by atoms with E-state index in [4.69, 9.17) is 5.73 Å². The number of benzene rings is 1. The average molecular weight is 278 g/mol. The van der Waals surface area contributed by atoms with E-state index in [2.05, 4.69) is 14.7 Å². The lowest BCUT2D eigenvalue weighted by Gasteiger charge is -2.08. The molecule has 0 saturated carbocycles. The number of hydrogen-bond acceptors (Lipinski definition) is 5. The van der Waals surface area contributed by atoms with Gasteiger partial charge in [0.05, 0.1) is 17.1 Å². The van der Waals surface area contributed by atoms with E-state index in [0.29, 0.717) is 11.4 Å². The van der Waals surface area contributed by atoms with Crippen molar-refractivity contribution in [3.63, 3.8) is 0 Å². The SMILES string of the molecule is Cc1cc(S(=O)(=O)NCc2ccncn2)ccc1N. The van der Waals surface area contributed by atoms with Crippen molar-refractivity contribution < 1.29 is 8.42 Å². The predicted octanol–water partition coefficient (Wildman–Crippen LogP) is 0.846. The third kappa shape index (κ3) is 3.27. The molecular weight excluding hydrogens is 264 g/mol. The van der Waals surface area contributed by atoms with Gasteiger partial charge in [-0.25, -0.2) is 23.1 Å². The van der Waals surface area contributed by atoms with E-state index < -0.39 is 10.0 Å². The largest absolute Gasteiger partial charge is 0.399 e. The van der Waals surface area contributed by atoms with Crippen LogP contribution in [0.15, 0.2) is 41.7 Å². The molecule has 1 aromatic carbocycles. The normalized spacial score (nSPS) is 11.4. The van der Waals surface area contributed by atoms with Gasteiger partial charge in [0, 0.05) is 11.9 Å². The average Bonchev–Trinajstić information content (AvgIpc) is 2.41. The van der Waals surface area contributed by atoms with Gasteiger partial charge in [-0.2, -0.15) is 0 Å². The van der Waals surface area contributed by atoms with E-state index in [1.165, 1.54) is 18.5 Å². The number of nitrogens with two attached hydrogens (primary N) is 1. The number of hydrogen-bond donors (Lipinski definition) is 2.